The Kier molecular flexibility index (Phi) is 6.86. The maximum atomic E-state index is 13.5. The lowest BCUT2D eigenvalue weighted by molar-refractivity contribution is -0.137. The van der Waals surface area contributed by atoms with Gasteiger partial charge < -0.3 is 9.84 Å². The Morgan fingerprint density at radius 1 is 0.921 bits per heavy atom. The van der Waals surface area contributed by atoms with Gasteiger partial charge in [0.15, 0.2) is 0 Å². The highest BCUT2D eigenvalue weighted by atomic mass is 19.4. The number of hydrogen-bond acceptors (Lipinski definition) is 4. The van der Waals surface area contributed by atoms with Crippen LogP contribution in [0.2, 0.25) is 0 Å². The van der Waals surface area contributed by atoms with Crippen molar-refractivity contribution in [3.05, 3.63) is 100 Å². The van der Waals surface area contributed by atoms with Gasteiger partial charge in [-0.15, -0.1) is 0 Å². The van der Waals surface area contributed by atoms with Crippen molar-refractivity contribution in [3.8, 4) is 5.75 Å². The van der Waals surface area contributed by atoms with Crippen LogP contribution in [0.4, 0.5) is 18.9 Å². The van der Waals surface area contributed by atoms with Crippen molar-refractivity contribution in [1.82, 2.24) is 0 Å². The number of rotatable bonds is 4. The first-order chi connectivity index (χ1) is 17.8. The van der Waals surface area contributed by atoms with Gasteiger partial charge in [-0.3, -0.25) is 14.5 Å². The Labute approximate surface area is 219 Å². The molecule has 1 aliphatic rings. The van der Waals surface area contributed by atoms with E-state index in [1.54, 1.807) is 43.3 Å². The average Bonchev–Trinajstić information content (AvgIpc) is 3.12. The van der Waals surface area contributed by atoms with Crippen LogP contribution in [0.5, 0.6) is 5.75 Å². The van der Waals surface area contributed by atoms with E-state index in [1.807, 2.05) is 26.8 Å². The number of methoxy groups -OCH3 is 1. The van der Waals surface area contributed by atoms with Crippen LogP contribution in [0.15, 0.2) is 72.3 Å². The summed E-state index contributed by atoms with van der Waals surface area (Å²) in [5.74, 6) is -2.22. The van der Waals surface area contributed by atoms with E-state index in [-0.39, 0.29) is 28.0 Å². The fraction of sp³-hybridized carbons (Fsp3) is 0.267. The first-order valence-electron chi connectivity index (χ1n) is 12.0. The Balaban J connectivity index is 2.02. The van der Waals surface area contributed by atoms with Gasteiger partial charge in [0.05, 0.1) is 29.9 Å². The fourth-order valence-electron chi connectivity index (χ4n) is 4.62. The minimum atomic E-state index is -4.65. The number of carbonyl (C=O) groups is 2. The number of aliphatic hydroxyl groups is 1. The molecule has 1 saturated heterocycles. The van der Waals surface area contributed by atoms with Crippen LogP contribution >= 0.6 is 0 Å². The minimum absolute atomic E-state index is 0.107. The summed E-state index contributed by atoms with van der Waals surface area (Å²) in [7, 11) is 1.42. The predicted molar refractivity (Wildman–Crippen MR) is 139 cm³/mol. The van der Waals surface area contributed by atoms with Gasteiger partial charge >= 0.3 is 6.18 Å². The van der Waals surface area contributed by atoms with E-state index in [0.717, 1.165) is 22.6 Å². The zero-order chi connectivity index (χ0) is 28.0. The summed E-state index contributed by atoms with van der Waals surface area (Å²) >= 11 is 0. The molecule has 1 N–H and O–H groups in total. The molecule has 0 spiro atoms. The normalized spacial score (nSPS) is 17.7. The highest BCUT2D eigenvalue weighted by molar-refractivity contribution is 6.51. The molecule has 1 unspecified atom stereocenters. The van der Waals surface area contributed by atoms with Crippen molar-refractivity contribution in [3.63, 3.8) is 0 Å². The third-order valence-electron chi connectivity index (χ3n) is 6.70. The number of alkyl halides is 3. The second kappa shape index (κ2) is 9.67. The van der Waals surface area contributed by atoms with Crippen LogP contribution < -0.4 is 9.64 Å². The van der Waals surface area contributed by atoms with E-state index in [4.69, 9.17) is 4.74 Å². The van der Waals surface area contributed by atoms with E-state index in [0.29, 0.717) is 11.1 Å². The molecule has 1 heterocycles. The fourth-order valence-corrected chi connectivity index (χ4v) is 4.62. The summed E-state index contributed by atoms with van der Waals surface area (Å²) < 4.78 is 46.0. The Hall–Kier alpha value is -4.07. The van der Waals surface area contributed by atoms with Crippen LogP contribution in [0.1, 0.15) is 54.6 Å². The number of nitrogens with zero attached hydrogens (tertiary/aromatic N) is 1. The third-order valence-corrected chi connectivity index (χ3v) is 6.70. The molecule has 1 atom stereocenters. The summed E-state index contributed by atoms with van der Waals surface area (Å²) in [5, 5.41) is 11.6. The molecule has 38 heavy (non-hydrogen) atoms. The standard InChI is InChI=1S/C30H28F3NO4/c1-17-9-6-7-12-21(17)25-24(26(35)22-16-18(29(2,3)4)13-14-23(22)38-5)27(36)28(37)34(25)20-11-8-10-19(15-20)30(31,32)33/h6-16,25,35H,1-5H3/b26-24+. The Bertz CT molecular complexity index is 1450. The zero-order valence-electron chi connectivity index (χ0n) is 21.7. The molecule has 0 radical (unpaired) electrons. The number of aryl methyl sites for hydroxylation is 1. The zero-order valence-corrected chi connectivity index (χ0v) is 21.7. The lowest BCUT2D eigenvalue weighted by atomic mass is 9.85. The molecule has 8 heteroatoms. The molecule has 3 aromatic carbocycles. The number of benzene rings is 3. The van der Waals surface area contributed by atoms with Crippen molar-refractivity contribution >= 4 is 23.1 Å². The number of ether oxygens (including phenoxy) is 1. The minimum Gasteiger partial charge on any atom is -0.507 e. The summed E-state index contributed by atoms with van der Waals surface area (Å²) in [6.07, 6.45) is -4.65. The first kappa shape index (κ1) is 27.0. The van der Waals surface area contributed by atoms with Gasteiger partial charge in [0.2, 0.25) is 0 Å². The molecule has 1 amide bonds. The molecule has 1 fully saturated rings. The highest BCUT2D eigenvalue weighted by Gasteiger charge is 2.48. The predicted octanol–water partition coefficient (Wildman–Crippen LogP) is 6.95. The molecule has 5 nitrogen and oxygen atoms in total. The van der Waals surface area contributed by atoms with E-state index < -0.39 is 35.2 Å². The Morgan fingerprint density at radius 2 is 1.61 bits per heavy atom. The number of ketones is 1. The second-order valence-corrected chi connectivity index (χ2v) is 10.2. The van der Waals surface area contributed by atoms with Crippen LogP contribution in [0.25, 0.3) is 5.76 Å². The summed E-state index contributed by atoms with van der Waals surface area (Å²) in [6, 6.07) is 15.2. The molecule has 198 valence electrons. The van der Waals surface area contributed by atoms with Crippen molar-refractivity contribution in [2.75, 3.05) is 12.0 Å². The molecule has 0 aromatic heterocycles. The molecule has 0 saturated carbocycles. The molecular formula is C30H28F3NO4. The van der Waals surface area contributed by atoms with Crippen molar-refractivity contribution in [1.29, 1.82) is 0 Å². The SMILES string of the molecule is COc1ccc(C(C)(C)C)cc1/C(O)=C1\C(=O)C(=O)N(c2cccc(C(F)(F)F)c2)C1c1ccccc1C. The van der Waals surface area contributed by atoms with Crippen molar-refractivity contribution in [2.45, 2.75) is 45.3 Å². The van der Waals surface area contributed by atoms with E-state index >= 15 is 0 Å². The maximum absolute atomic E-state index is 13.5. The van der Waals surface area contributed by atoms with Gasteiger partial charge in [0.25, 0.3) is 11.7 Å². The van der Waals surface area contributed by atoms with Crippen LogP contribution in [0, 0.1) is 6.92 Å². The second-order valence-electron chi connectivity index (χ2n) is 10.2. The van der Waals surface area contributed by atoms with Gasteiger partial charge in [-0.2, -0.15) is 13.2 Å². The van der Waals surface area contributed by atoms with Crippen LogP contribution in [0.3, 0.4) is 0 Å². The van der Waals surface area contributed by atoms with Gasteiger partial charge in [0.1, 0.15) is 11.5 Å². The number of halogens is 3. The molecule has 3 aromatic rings. The monoisotopic (exact) mass is 523 g/mol. The molecule has 0 bridgehead atoms. The number of Topliss-reactive ketones (excluding diaryl/α,β-unsaturated/α-hetero) is 1. The van der Waals surface area contributed by atoms with Crippen LogP contribution in [-0.2, 0) is 21.2 Å². The van der Waals surface area contributed by atoms with Gasteiger partial charge in [0, 0.05) is 5.69 Å². The van der Waals surface area contributed by atoms with Gasteiger partial charge in [-0.05, 0) is 59.4 Å². The van der Waals surface area contributed by atoms with Crippen molar-refractivity contribution in [2.24, 2.45) is 0 Å². The quantitative estimate of drug-likeness (QED) is 0.228. The lowest BCUT2D eigenvalue weighted by Crippen LogP contribution is -2.30. The largest absolute Gasteiger partial charge is 0.507 e. The number of amides is 1. The number of carbonyl (C=O) groups excluding carboxylic acids is 2. The summed E-state index contributed by atoms with van der Waals surface area (Å²) in [4.78, 5) is 27.9. The lowest BCUT2D eigenvalue weighted by Gasteiger charge is -2.27. The van der Waals surface area contributed by atoms with Crippen LogP contribution in [-0.4, -0.2) is 23.9 Å². The first-order valence-corrected chi connectivity index (χ1v) is 12.0. The topological polar surface area (TPSA) is 66.8 Å². The smallest absolute Gasteiger partial charge is 0.416 e. The average molecular weight is 524 g/mol. The van der Waals surface area contributed by atoms with E-state index in [2.05, 4.69) is 0 Å². The third kappa shape index (κ3) is 4.78. The summed E-state index contributed by atoms with van der Waals surface area (Å²) in [5.41, 5.74) is 0.644. The van der Waals surface area contributed by atoms with Gasteiger partial charge in [-0.1, -0.05) is 57.2 Å². The Morgan fingerprint density at radius 3 is 2.21 bits per heavy atom. The molecular weight excluding hydrogens is 495 g/mol. The van der Waals surface area contributed by atoms with E-state index in [9.17, 15) is 27.9 Å². The van der Waals surface area contributed by atoms with E-state index in [1.165, 1.54) is 19.2 Å². The number of hydrogen-bond donors (Lipinski definition) is 1. The summed E-state index contributed by atoms with van der Waals surface area (Å²) in [6.45, 7) is 7.72. The number of aliphatic hydroxyl groups excluding tert-OH is 1. The number of anilines is 1. The highest BCUT2D eigenvalue weighted by Crippen LogP contribution is 2.45. The van der Waals surface area contributed by atoms with Gasteiger partial charge in [-0.25, -0.2) is 0 Å². The molecule has 0 aliphatic carbocycles. The van der Waals surface area contributed by atoms with Crippen molar-refractivity contribution < 1.29 is 32.6 Å². The molecule has 4 rings (SSSR count). The molecule has 1 aliphatic heterocycles. The maximum Gasteiger partial charge on any atom is 0.416 e.